The second-order valence-electron chi connectivity index (χ2n) is 7.34. The van der Waals surface area contributed by atoms with Gasteiger partial charge < -0.3 is 10.2 Å². The van der Waals surface area contributed by atoms with Gasteiger partial charge in [0.25, 0.3) is 5.91 Å². The topological polar surface area (TPSA) is 69.7 Å². The molecule has 8 heteroatoms. The molecule has 6 nitrogen and oxygen atoms in total. The number of anilines is 2. The van der Waals surface area contributed by atoms with Crippen LogP contribution in [-0.2, 0) is 9.59 Å². The molecule has 0 aromatic heterocycles. The molecule has 1 fully saturated rings. The molecule has 0 radical (unpaired) electrons. The zero-order valence-corrected chi connectivity index (χ0v) is 16.5. The van der Waals surface area contributed by atoms with Crippen LogP contribution in [0.2, 0.25) is 5.02 Å². The Balaban J connectivity index is 1.54. The molecule has 0 aliphatic carbocycles. The molecular weight excluding hydrogens is 397 g/mol. The summed E-state index contributed by atoms with van der Waals surface area (Å²) in [6.45, 7) is 1.98. The summed E-state index contributed by atoms with van der Waals surface area (Å²) >= 11 is 5.95. The van der Waals surface area contributed by atoms with Crippen LogP contribution in [0.3, 0.4) is 0 Å². The number of amides is 3. The maximum atomic E-state index is 13.2. The van der Waals surface area contributed by atoms with Crippen molar-refractivity contribution in [2.24, 2.45) is 0 Å². The predicted octanol–water partition coefficient (Wildman–Crippen LogP) is 3.81. The van der Waals surface area contributed by atoms with E-state index in [9.17, 15) is 18.8 Å². The van der Waals surface area contributed by atoms with Crippen LogP contribution in [-0.4, -0.2) is 34.8 Å². The van der Waals surface area contributed by atoms with Gasteiger partial charge in [-0.1, -0.05) is 23.7 Å². The number of halogens is 2. The Bertz CT molecular complexity index is 1030. The van der Waals surface area contributed by atoms with Crippen molar-refractivity contribution in [3.63, 3.8) is 0 Å². The lowest BCUT2D eigenvalue weighted by Crippen LogP contribution is -2.62. The molecule has 2 aromatic rings. The van der Waals surface area contributed by atoms with Crippen molar-refractivity contribution in [2.45, 2.75) is 31.8 Å². The molecule has 2 aromatic carbocycles. The van der Waals surface area contributed by atoms with Crippen molar-refractivity contribution in [1.29, 1.82) is 0 Å². The molecule has 0 spiro atoms. The number of rotatable bonds is 4. The van der Waals surface area contributed by atoms with Crippen LogP contribution in [0, 0.1) is 5.82 Å². The normalized spacial score (nSPS) is 20.5. The summed E-state index contributed by atoms with van der Waals surface area (Å²) in [5, 5.41) is 2.73. The van der Waals surface area contributed by atoms with Crippen molar-refractivity contribution in [2.75, 3.05) is 16.8 Å². The first-order valence-electron chi connectivity index (χ1n) is 9.30. The van der Waals surface area contributed by atoms with Crippen molar-refractivity contribution in [3.8, 4) is 0 Å². The van der Waals surface area contributed by atoms with E-state index in [-0.39, 0.29) is 35.7 Å². The van der Waals surface area contributed by atoms with E-state index in [0.717, 1.165) is 6.07 Å². The Hall–Kier alpha value is -2.93. The molecule has 4 rings (SSSR count). The van der Waals surface area contributed by atoms with Gasteiger partial charge in [0, 0.05) is 19.4 Å². The van der Waals surface area contributed by atoms with Crippen LogP contribution in [0.1, 0.15) is 36.5 Å². The standard InChI is InChI=1S/C21H19ClFN3O3/c1-21-10-8-19(28)26(21)17-5-3-2-4-14(17)20(29)25(21)11-9-18(27)24-16-7-6-13(23)12-15(16)22/h2-7,12H,8-11H2,1H3,(H,24,27)/t21-/m1/s1. The first-order valence-corrected chi connectivity index (χ1v) is 9.68. The Kier molecular flexibility index (Phi) is 4.78. The van der Waals surface area contributed by atoms with Gasteiger partial charge in [-0.2, -0.15) is 0 Å². The molecule has 1 atom stereocenters. The van der Waals surface area contributed by atoms with Crippen molar-refractivity contribution in [1.82, 2.24) is 4.90 Å². The van der Waals surface area contributed by atoms with Gasteiger partial charge in [-0.05, 0) is 43.7 Å². The first kappa shape index (κ1) is 19.4. The van der Waals surface area contributed by atoms with Crippen LogP contribution in [0.4, 0.5) is 15.8 Å². The molecule has 150 valence electrons. The quantitative estimate of drug-likeness (QED) is 0.825. The maximum Gasteiger partial charge on any atom is 0.257 e. The fourth-order valence-corrected chi connectivity index (χ4v) is 4.27. The molecule has 29 heavy (non-hydrogen) atoms. The van der Waals surface area contributed by atoms with Crippen molar-refractivity contribution in [3.05, 3.63) is 58.9 Å². The van der Waals surface area contributed by atoms with Gasteiger partial charge in [0.15, 0.2) is 0 Å². The average molecular weight is 416 g/mol. The Morgan fingerprint density at radius 3 is 2.76 bits per heavy atom. The monoisotopic (exact) mass is 415 g/mol. The highest BCUT2D eigenvalue weighted by Gasteiger charge is 2.52. The summed E-state index contributed by atoms with van der Waals surface area (Å²) in [6.07, 6.45) is 0.850. The van der Waals surface area contributed by atoms with E-state index in [4.69, 9.17) is 11.6 Å². The fourth-order valence-electron chi connectivity index (χ4n) is 4.06. The van der Waals surface area contributed by atoms with Gasteiger partial charge in [-0.3, -0.25) is 19.3 Å². The Labute approximate surface area is 172 Å². The third-order valence-corrected chi connectivity index (χ3v) is 5.83. The lowest BCUT2D eigenvalue weighted by molar-refractivity contribution is -0.117. The van der Waals surface area contributed by atoms with E-state index >= 15 is 0 Å². The number of nitrogens with one attached hydrogen (secondary N) is 1. The number of hydrogen-bond donors (Lipinski definition) is 1. The number of carbonyl (C=O) groups is 3. The smallest absolute Gasteiger partial charge is 0.257 e. The zero-order chi connectivity index (χ0) is 20.8. The SMILES string of the molecule is C[C@]12CCC(=O)N1c1ccccc1C(=O)N2CCC(=O)Nc1ccc(F)cc1Cl. The molecule has 1 N–H and O–H groups in total. The van der Waals surface area contributed by atoms with Crippen LogP contribution in [0.25, 0.3) is 0 Å². The molecule has 0 unspecified atom stereocenters. The lowest BCUT2D eigenvalue weighted by atomic mass is 9.98. The Morgan fingerprint density at radius 2 is 2.00 bits per heavy atom. The predicted molar refractivity (Wildman–Crippen MR) is 107 cm³/mol. The van der Waals surface area contributed by atoms with Gasteiger partial charge in [-0.25, -0.2) is 4.39 Å². The number of fused-ring (bicyclic) bond motifs is 3. The Morgan fingerprint density at radius 1 is 1.24 bits per heavy atom. The van der Waals surface area contributed by atoms with Gasteiger partial charge in [-0.15, -0.1) is 0 Å². The van der Waals surface area contributed by atoms with E-state index in [0.29, 0.717) is 29.8 Å². The summed E-state index contributed by atoms with van der Waals surface area (Å²) in [6, 6.07) is 10.7. The number of hydrogen-bond acceptors (Lipinski definition) is 3. The molecule has 2 aliphatic heterocycles. The molecule has 0 saturated carbocycles. The third kappa shape index (κ3) is 3.25. The van der Waals surface area contributed by atoms with E-state index in [1.165, 1.54) is 12.1 Å². The lowest BCUT2D eigenvalue weighted by Gasteiger charge is -2.48. The molecule has 3 amide bonds. The second-order valence-corrected chi connectivity index (χ2v) is 7.75. The first-order chi connectivity index (χ1) is 13.8. The van der Waals surface area contributed by atoms with E-state index in [2.05, 4.69) is 5.32 Å². The summed E-state index contributed by atoms with van der Waals surface area (Å²) < 4.78 is 13.2. The highest BCUT2D eigenvalue weighted by Crippen LogP contribution is 2.44. The minimum absolute atomic E-state index is 0.0131. The van der Waals surface area contributed by atoms with Crippen LogP contribution >= 0.6 is 11.6 Å². The zero-order valence-electron chi connectivity index (χ0n) is 15.7. The number of nitrogens with zero attached hydrogens (tertiary/aromatic N) is 2. The largest absolute Gasteiger partial charge is 0.325 e. The van der Waals surface area contributed by atoms with E-state index < -0.39 is 11.5 Å². The van der Waals surface area contributed by atoms with Crippen LogP contribution in [0.15, 0.2) is 42.5 Å². The van der Waals surface area contributed by atoms with Gasteiger partial charge in [0.05, 0.1) is 22.0 Å². The highest BCUT2D eigenvalue weighted by atomic mass is 35.5. The summed E-state index contributed by atoms with van der Waals surface area (Å²) in [7, 11) is 0. The molecular formula is C21H19ClFN3O3. The van der Waals surface area contributed by atoms with Gasteiger partial charge in [0.1, 0.15) is 11.5 Å². The highest BCUT2D eigenvalue weighted by molar-refractivity contribution is 6.33. The number of para-hydroxylation sites is 1. The number of carbonyl (C=O) groups excluding carboxylic acids is 3. The second kappa shape index (κ2) is 7.15. The van der Waals surface area contributed by atoms with Crippen LogP contribution in [0.5, 0.6) is 0 Å². The summed E-state index contributed by atoms with van der Waals surface area (Å²) in [5.41, 5.74) is 0.553. The van der Waals surface area contributed by atoms with Gasteiger partial charge >= 0.3 is 0 Å². The van der Waals surface area contributed by atoms with E-state index in [1.54, 1.807) is 34.1 Å². The van der Waals surface area contributed by atoms with Gasteiger partial charge in [0.2, 0.25) is 11.8 Å². The van der Waals surface area contributed by atoms with E-state index in [1.807, 2.05) is 6.92 Å². The minimum Gasteiger partial charge on any atom is -0.325 e. The molecule has 2 heterocycles. The van der Waals surface area contributed by atoms with Crippen molar-refractivity contribution >= 4 is 40.7 Å². The minimum atomic E-state index is -0.809. The van der Waals surface area contributed by atoms with Crippen LogP contribution < -0.4 is 10.2 Å². The fraction of sp³-hybridized carbons (Fsp3) is 0.286. The van der Waals surface area contributed by atoms with Crippen molar-refractivity contribution < 1.29 is 18.8 Å². The summed E-state index contributed by atoms with van der Waals surface area (Å²) in [4.78, 5) is 41.3. The third-order valence-electron chi connectivity index (χ3n) is 5.51. The molecule has 1 saturated heterocycles. The summed E-state index contributed by atoms with van der Waals surface area (Å²) in [5.74, 6) is -1.10. The molecule has 0 bridgehead atoms. The number of benzene rings is 2. The molecule has 2 aliphatic rings. The maximum absolute atomic E-state index is 13.2. The average Bonchev–Trinajstić information content (AvgIpc) is 2.99.